The lowest BCUT2D eigenvalue weighted by Gasteiger charge is -2.30. The molecule has 5 N–H and O–H groups in total. The first-order valence-corrected chi connectivity index (χ1v) is 5.71. The standard InChI is InChI=1S/C11H16N6O/c12-11(15-16-13)8-2-1-3-9(10(8)18)17-6-4-14-5-7-17/h1-3,14,18H,4-7H2,(H3,12,13,15). The summed E-state index contributed by atoms with van der Waals surface area (Å²) in [5.41, 5.74) is 1.05. The molecule has 2 rings (SSSR count). The minimum absolute atomic E-state index is 0.0526. The largest absolute Gasteiger partial charge is 0.505 e. The average Bonchev–Trinajstić information content (AvgIpc) is 2.40. The van der Waals surface area contributed by atoms with Crippen LogP contribution in [0.3, 0.4) is 0 Å². The van der Waals surface area contributed by atoms with Crippen LogP contribution in [-0.2, 0) is 0 Å². The number of anilines is 1. The highest BCUT2D eigenvalue weighted by atomic mass is 16.3. The van der Waals surface area contributed by atoms with Gasteiger partial charge in [0.2, 0.25) is 0 Å². The summed E-state index contributed by atoms with van der Waals surface area (Å²) >= 11 is 0. The predicted octanol–water partition coefficient (Wildman–Crippen LogP) is 0.453. The summed E-state index contributed by atoms with van der Waals surface area (Å²) in [6, 6.07) is 5.24. The maximum absolute atomic E-state index is 10.2. The Balaban J connectivity index is 2.31. The third-order valence-electron chi connectivity index (χ3n) is 2.89. The lowest BCUT2D eigenvalue weighted by atomic mass is 10.1. The van der Waals surface area contributed by atoms with E-state index in [1.54, 1.807) is 12.1 Å². The molecule has 1 aliphatic heterocycles. The fourth-order valence-corrected chi connectivity index (χ4v) is 1.99. The van der Waals surface area contributed by atoms with Crippen molar-refractivity contribution in [3.63, 3.8) is 0 Å². The maximum Gasteiger partial charge on any atom is 0.179 e. The van der Waals surface area contributed by atoms with Gasteiger partial charge in [-0.3, -0.25) is 5.41 Å². The minimum Gasteiger partial charge on any atom is -0.505 e. The van der Waals surface area contributed by atoms with Crippen molar-refractivity contribution in [1.29, 1.82) is 5.41 Å². The molecule has 0 radical (unpaired) electrons. The van der Waals surface area contributed by atoms with Crippen molar-refractivity contribution < 1.29 is 5.11 Å². The molecule has 96 valence electrons. The van der Waals surface area contributed by atoms with Crippen LogP contribution < -0.4 is 16.1 Å². The molecule has 0 aliphatic carbocycles. The molecule has 1 aromatic rings. The van der Waals surface area contributed by atoms with E-state index in [2.05, 4.69) is 20.6 Å². The summed E-state index contributed by atoms with van der Waals surface area (Å²) in [6.45, 7) is 3.40. The van der Waals surface area contributed by atoms with Gasteiger partial charge < -0.3 is 21.2 Å². The number of phenols is 1. The molecule has 1 aliphatic rings. The van der Waals surface area contributed by atoms with Gasteiger partial charge in [-0.2, -0.15) is 0 Å². The Hall–Kier alpha value is -2.15. The quantitative estimate of drug-likeness (QED) is 0.200. The Kier molecular flexibility index (Phi) is 3.73. The van der Waals surface area contributed by atoms with Crippen molar-refractivity contribution in [1.82, 2.24) is 5.32 Å². The number of nitrogens with one attached hydrogen (secondary N) is 2. The summed E-state index contributed by atoms with van der Waals surface area (Å²) < 4.78 is 0. The number of nitrogens with zero attached hydrogens (tertiary/aromatic N) is 3. The summed E-state index contributed by atoms with van der Waals surface area (Å²) in [5.74, 6) is 4.82. The first kappa shape index (κ1) is 12.3. The number of rotatable bonds is 2. The minimum atomic E-state index is -0.146. The second-order valence-corrected chi connectivity index (χ2v) is 3.97. The van der Waals surface area contributed by atoms with Crippen molar-refractivity contribution in [2.75, 3.05) is 31.1 Å². The van der Waals surface area contributed by atoms with Gasteiger partial charge in [0.1, 0.15) is 5.75 Å². The lowest BCUT2D eigenvalue weighted by molar-refractivity contribution is 0.469. The molecule has 7 nitrogen and oxygen atoms in total. The normalized spacial score (nSPS) is 16.1. The topological polar surface area (TPSA) is 110 Å². The summed E-state index contributed by atoms with van der Waals surface area (Å²) in [5, 5.41) is 27.6. The van der Waals surface area contributed by atoms with Crippen molar-refractivity contribution in [3.8, 4) is 5.75 Å². The Morgan fingerprint density at radius 2 is 2.11 bits per heavy atom. The zero-order valence-electron chi connectivity index (χ0n) is 9.93. The molecular weight excluding hydrogens is 232 g/mol. The predicted molar refractivity (Wildman–Crippen MR) is 69.1 cm³/mol. The van der Waals surface area contributed by atoms with E-state index >= 15 is 0 Å². The number of phenolic OH excluding ortho intramolecular Hbond substituents is 1. The molecule has 0 aromatic heterocycles. The van der Waals surface area contributed by atoms with E-state index in [0.29, 0.717) is 11.3 Å². The van der Waals surface area contributed by atoms with E-state index in [0.717, 1.165) is 26.2 Å². The Bertz CT molecular complexity index is 467. The molecule has 0 saturated carbocycles. The second-order valence-electron chi connectivity index (χ2n) is 3.97. The number of nitrogens with two attached hydrogens (primary N) is 1. The third kappa shape index (κ3) is 2.40. The Morgan fingerprint density at radius 3 is 2.78 bits per heavy atom. The smallest absolute Gasteiger partial charge is 0.179 e. The van der Waals surface area contributed by atoms with Gasteiger partial charge in [0.15, 0.2) is 5.84 Å². The van der Waals surface area contributed by atoms with Crippen LogP contribution in [0, 0.1) is 5.41 Å². The number of para-hydroxylation sites is 1. The number of hydrogen-bond acceptors (Lipinski definition) is 5. The average molecular weight is 248 g/mol. The molecule has 1 aromatic carbocycles. The molecule has 1 saturated heterocycles. The van der Waals surface area contributed by atoms with Gasteiger partial charge >= 0.3 is 0 Å². The van der Waals surface area contributed by atoms with Crippen molar-refractivity contribution in [3.05, 3.63) is 23.8 Å². The van der Waals surface area contributed by atoms with Crippen LogP contribution in [0.25, 0.3) is 0 Å². The van der Waals surface area contributed by atoms with Crippen molar-refractivity contribution >= 4 is 11.5 Å². The van der Waals surface area contributed by atoms with Crippen LogP contribution in [0.2, 0.25) is 0 Å². The highest BCUT2D eigenvalue weighted by Crippen LogP contribution is 2.31. The fraction of sp³-hybridized carbons (Fsp3) is 0.364. The zero-order valence-corrected chi connectivity index (χ0v) is 9.93. The fourth-order valence-electron chi connectivity index (χ4n) is 1.99. The van der Waals surface area contributed by atoms with Gasteiger partial charge in [0, 0.05) is 26.2 Å². The Labute approximate surface area is 105 Å². The number of hydrogen-bond donors (Lipinski definition) is 4. The van der Waals surface area contributed by atoms with E-state index in [1.807, 2.05) is 6.07 Å². The van der Waals surface area contributed by atoms with Crippen LogP contribution in [0.1, 0.15) is 5.56 Å². The van der Waals surface area contributed by atoms with Crippen LogP contribution in [0.5, 0.6) is 5.75 Å². The molecule has 1 fully saturated rings. The molecule has 0 unspecified atom stereocenters. The van der Waals surface area contributed by atoms with E-state index in [1.165, 1.54) is 0 Å². The van der Waals surface area contributed by atoms with Crippen molar-refractivity contribution in [2.45, 2.75) is 0 Å². The van der Waals surface area contributed by atoms with Gasteiger partial charge in [0.25, 0.3) is 0 Å². The molecular formula is C11H16N6O. The van der Waals surface area contributed by atoms with E-state index in [-0.39, 0.29) is 11.6 Å². The third-order valence-corrected chi connectivity index (χ3v) is 2.89. The van der Waals surface area contributed by atoms with Gasteiger partial charge in [-0.15, -0.1) is 5.11 Å². The van der Waals surface area contributed by atoms with Gasteiger partial charge in [-0.25, -0.2) is 0 Å². The molecule has 0 bridgehead atoms. The summed E-state index contributed by atoms with van der Waals surface area (Å²) in [6.07, 6.45) is 0. The van der Waals surface area contributed by atoms with E-state index in [9.17, 15) is 5.11 Å². The van der Waals surface area contributed by atoms with Crippen molar-refractivity contribution in [2.24, 2.45) is 16.2 Å². The maximum atomic E-state index is 10.2. The van der Waals surface area contributed by atoms with E-state index in [4.69, 9.17) is 11.3 Å². The SMILES string of the molecule is N=C(N=NN)c1cccc(N2CCNCC2)c1O. The first-order chi connectivity index (χ1) is 8.74. The van der Waals surface area contributed by atoms with Gasteiger partial charge in [-0.05, 0) is 12.1 Å². The van der Waals surface area contributed by atoms with Crippen LogP contribution in [0.4, 0.5) is 5.69 Å². The summed E-state index contributed by atoms with van der Waals surface area (Å²) in [7, 11) is 0. The first-order valence-electron chi connectivity index (χ1n) is 5.71. The number of piperazine rings is 1. The highest BCUT2D eigenvalue weighted by molar-refractivity contribution is 6.00. The number of amidine groups is 1. The van der Waals surface area contributed by atoms with Crippen LogP contribution in [-0.4, -0.2) is 37.1 Å². The monoisotopic (exact) mass is 248 g/mol. The molecule has 0 amide bonds. The summed E-state index contributed by atoms with van der Waals surface area (Å²) in [4.78, 5) is 2.07. The molecule has 18 heavy (non-hydrogen) atoms. The lowest BCUT2D eigenvalue weighted by Crippen LogP contribution is -2.43. The molecule has 1 heterocycles. The number of aromatic hydroxyl groups is 1. The van der Waals surface area contributed by atoms with Crippen LogP contribution >= 0.6 is 0 Å². The second kappa shape index (κ2) is 5.46. The highest BCUT2D eigenvalue weighted by Gasteiger charge is 2.17. The zero-order chi connectivity index (χ0) is 13.0. The molecule has 0 spiro atoms. The Morgan fingerprint density at radius 1 is 1.39 bits per heavy atom. The van der Waals surface area contributed by atoms with Gasteiger partial charge in [0.05, 0.1) is 11.3 Å². The molecule has 0 atom stereocenters. The molecule has 7 heteroatoms. The van der Waals surface area contributed by atoms with E-state index < -0.39 is 0 Å². The van der Waals surface area contributed by atoms with Gasteiger partial charge in [-0.1, -0.05) is 11.3 Å². The van der Waals surface area contributed by atoms with Crippen LogP contribution in [0.15, 0.2) is 28.5 Å². The number of benzene rings is 1.